The van der Waals surface area contributed by atoms with E-state index in [1.807, 2.05) is 24.3 Å². The third-order valence-corrected chi connectivity index (χ3v) is 4.24. The number of benzene rings is 2. The van der Waals surface area contributed by atoms with Gasteiger partial charge < -0.3 is 9.47 Å². The molecule has 0 N–H and O–H groups in total. The molecular formula is C16H14BrClO3. The van der Waals surface area contributed by atoms with Crippen molar-refractivity contribution in [3.63, 3.8) is 0 Å². The van der Waals surface area contributed by atoms with Gasteiger partial charge in [0.05, 0.1) is 17.7 Å². The summed E-state index contributed by atoms with van der Waals surface area (Å²) in [5, 5.41) is 0.399. The first kappa shape index (κ1) is 15.9. The van der Waals surface area contributed by atoms with Crippen LogP contribution in [0.15, 0.2) is 40.9 Å². The molecular weight excluding hydrogens is 356 g/mol. The molecule has 0 fully saturated rings. The first-order valence-electron chi connectivity index (χ1n) is 6.27. The zero-order valence-corrected chi connectivity index (χ0v) is 14.0. The van der Waals surface area contributed by atoms with Gasteiger partial charge in [0, 0.05) is 4.47 Å². The normalized spacial score (nSPS) is 10.3. The van der Waals surface area contributed by atoms with E-state index >= 15 is 0 Å². The Hall–Kier alpha value is -1.52. The van der Waals surface area contributed by atoms with Crippen molar-refractivity contribution in [2.45, 2.75) is 13.5 Å². The second-order valence-electron chi connectivity index (χ2n) is 4.43. The summed E-state index contributed by atoms with van der Waals surface area (Å²) < 4.78 is 11.5. The molecule has 0 radical (unpaired) electrons. The second kappa shape index (κ2) is 6.96. The quantitative estimate of drug-likeness (QED) is 0.704. The fourth-order valence-electron chi connectivity index (χ4n) is 1.83. The molecule has 0 saturated carbocycles. The van der Waals surface area contributed by atoms with Gasteiger partial charge in [-0.05, 0) is 52.7 Å². The number of carbonyl (C=O) groups excluding carboxylic acids is 1. The maximum atomic E-state index is 11.7. The van der Waals surface area contributed by atoms with E-state index in [1.54, 1.807) is 19.2 Å². The predicted octanol–water partition coefficient (Wildman–Crippen LogP) is 4.89. The second-order valence-corrected chi connectivity index (χ2v) is 5.66. The van der Waals surface area contributed by atoms with Crippen LogP contribution in [0.4, 0.5) is 0 Å². The number of carbonyl (C=O) groups is 1. The molecule has 0 aromatic heterocycles. The lowest BCUT2D eigenvalue weighted by Crippen LogP contribution is -2.02. The minimum atomic E-state index is -0.0888. The molecule has 2 rings (SSSR count). The Morgan fingerprint density at radius 3 is 2.43 bits per heavy atom. The van der Waals surface area contributed by atoms with Crippen molar-refractivity contribution in [1.82, 2.24) is 0 Å². The lowest BCUT2D eigenvalue weighted by molar-refractivity contribution is 0.101. The number of ether oxygens (including phenoxy) is 2. The van der Waals surface area contributed by atoms with Gasteiger partial charge in [0.2, 0.25) is 0 Å². The zero-order valence-electron chi connectivity index (χ0n) is 11.7. The average Bonchev–Trinajstić information content (AvgIpc) is 2.49. The number of rotatable bonds is 5. The Bertz CT molecular complexity index is 653. The Morgan fingerprint density at radius 2 is 1.86 bits per heavy atom. The Morgan fingerprint density at radius 1 is 1.19 bits per heavy atom. The van der Waals surface area contributed by atoms with Gasteiger partial charge in [-0.15, -0.1) is 0 Å². The molecule has 0 heterocycles. The molecule has 110 valence electrons. The number of Topliss-reactive ketones (excluding diaryl/α,β-unsaturated/α-hetero) is 1. The number of hydrogen-bond acceptors (Lipinski definition) is 3. The summed E-state index contributed by atoms with van der Waals surface area (Å²) in [6.07, 6.45) is 0. The van der Waals surface area contributed by atoms with E-state index in [9.17, 15) is 4.79 Å². The van der Waals surface area contributed by atoms with Crippen molar-refractivity contribution in [3.8, 4) is 11.5 Å². The van der Waals surface area contributed by atoms with Crippen molar-refractivity contribution in [1.29, 1.82) is 0 Å². The maximum Gasteiger partial charge on any atom is 0.163 e. The molecule has 21 heavy (non-hydrogen) atoms. The third kappa shape index (κ3) is 3.77. The predicted molar refractivity (Wildman–Crippen MR) is 86.5 cm³/mol. The summed E-state index contributed by atoms with van der Waals surface area (Å²) in [7, 11) is 1.62. The minimum absolute atomic E-state index is 0.0888. The third-order valence-electron chi connectivity index (χ3n) is 2.97. The molecule has 0 atom stereocenters. The highest BCUT2D eigenvalue weighted by atomic mass is 79.9. The van der Waals surface area contributed by atoms with Crippen LogP contribution in [0.1, 0.15) is 22.8 Å². The molecule has 5 heteroatoms. The van der Waals surface area contributed by atoms with Crippen LogP contribution in [0.2, 0.25) is 5.02 Å². The standard InChI is InChI=1S/C16H14BrClO3/c1-10(19)13-7-8-14(17)15(18)16(13)21-9-11-3-5-12(20-2)6-4-11/h3-8H,9H2,1-2H3. The summed E-state index contributed by atoms with van der Waals surface area (Å²) in [5.41, 5.74) is 1.43. The van der Waals surface area contributed by atoms with Crippen molar-refractivity contribution in [3.05, 3.63) is 57.0 Å². The number of hydrogen-bond donors (Lipinski definition) is 0. The van der Waals surface area contributed by atoms with Crippen LogP contribution < -0.4 is 9.47 Å². The Labute approximate surface area is 137 Å². The summed E-state index contributed by atoms with van der Waals surface area (Å²) in [6, 6.07) is 10.9. The van der Waals surface area contributed by atoms with Crippen molar-refractivity contribution in [2.75, 3.05) is 7.11 Å². The van der Waals surface area contributed by atoms with Crippen LogP contribution >= 0.6 is 27.5 Å². The topological polar surface area (TPSA) is 35.5 Å². The van der Waals surface area contributed by atoms with E-state index in [4.69, 9.17) is 21.1 Å². The number of methoxy groups -OCH3 is 1. The Balaban J connectivity index is 2.22. The number of ketones is 1. The van der Waals surface area contributed by atoms with Gasteiger partial charge in [0.25, 0.3) is 0 Å². The largest absolute Gasteiger partial charge is 0.497 e. The van der Waals surface area contributed by atoms with E-state index in [0.717, 1.165) is 11.3 Å². The molecule has 0 unspecified atom stereocenters. The lowest BCUT2D eigenvalue weighted by Gasteiger charge is -2.13. The van der Waals surface area contributed by atoms with Crippen LogP contribution in [-0.2, 0) is 6.61 Å². The van der Waals surface area contributed by atoms with Crippen LogP contribution in [-0.4, -0.2) is 12.9 Å². The molecule has 0 amide bonds. The molecule has 0 saturated heterocycles. The average molecular weight is 370 g/mol. The van der Waals surface area contributed by atoms with Gasteiger partial charge in [-0.2, -0.15) is 0 Å². The molecule has 0 aliphatic heterocycles. The van der Waals surface area contributed by atoms with Crippen LogP contribution in [0, 0.1) is 0 Å². The first-order valence-corrected chi connectivity index (χ1v) is 7.44. The van der Waals surface area contributed by atoms with Crippen LogP contribution in [0.3, 0.4) is 0 Å². The van der Waals surface area contributed by atoms with Crippen molar-refractivity contribution >= 4 is 33.3 Å². The molecule has 0 spiro atoms. The molecule has 0 aliphatic rings. The zero-order chi connectivity index (χ0) is 15.4. The van der Waals surface area contributed by atoms with Crippen molar-refractivity contribution in [2.24, 2.45) is 0 Å². The smallest absolute Gasteiger partial charge is 0.163 e. The fourth-order valence-corrected chi connectivity index (χ4v) is 2.36. The fraction of sp³-hybridized carbons (Fsp3) is 0.188. The van der Waals surface area contributed by atoms with E-state index in [0.29, 0.717) is 27.4 Å². The van der Waals surface area contributed by atoms with E-state index in [1.165, 1.54) is 6.92 Å². The van der Waals surface area contributed by atoms with Gasteiger partial charge in [0.1, 0.15) is 18.1 Å². The van der Waals surface area contributed by atoms with Crippen LogP contribution in [0.25, 0.3) is 0 Å². The van der Waals surface area contributed by atoms with E-state index < -0.39 is 0 Å². The Kier molecular flexibility index (Phi) is 5.26. The maximum absolute atomic E-state index is 11.7. The molecule has 0 bridgehead atoms. The summed E-state index contributed by atoms with van der Waals surface area (Å²) in [6.45, 7) is 1.81. The molecule has 2 aromatic carbocycles. The molecule has 3 nitrogen and oxygen atoms in total. The van der Waals surface area contributed by atoms with Gasteiger partial charge in [-0.1, -0.05) is 23.7 Å². The number of halogens is 2. The van der Waals surface area contributed by atoms with Gasteiger partial charge in [0.15, 0.2) is 5.78 Å². The van der Waals surface area contributed by atoms with Gasteiger partial charge >= 0.3 is 0 Å². The monoisotopic (exact) mass is 368 g/mol. The van der Waals surface area contributed by atoms with E-state index in [2.05, 4.69) is 15.9 Å². The first-order chi connectivity index (χ1) is 10.0. The lowest BCUT2D eigenvalue weighted by atomic mass is 10.1. The summed E-state index contributed by atoms with van der Waals surface area (Å²) in [4.78, 5) is 11.7. The van der Waals surface area contributed by atoms with Crippen LogP contribution in [0.5, 0.6) is 11.5 Å². The van der Waals surface area contributed by atoms with Gasteiger partial charge in [-0.25, -0.2) is 0 Å². The highest BCUT2D eigenvalue weighted by molar-refractivity contribution is 9.10. The van der Waals surface area contributed by atoms with Crippen molar-refractivity contribution < 1.29 is 14.3 Å². The summed E-state index contributed by atoms with van der Waals surface area (Å²) in [5.74, 6) is 1.09. The summed E-state index contributed by atoms with van der Waals surface area (Å²) >= 11 is 9.55. The molecule has 2 aromatic rings. The van der Waals surface area contributed by atoms with E-state index in [-0.39, 0.29) is 5.78 Å². The highest BCUT2D eigenvalue weighted by Crippen LogP contribution is 2.36. The highest BCUT2D eigenvalue weighted by Gasteiger charge is 2.15. The van der Waals surface area contributed by atoms with Gasteiger partial charge in [-0.3, -0.25) is 4.79 Å². The SMILES string of the molecule is COc1ccc(COc2c(C(C)=O)ccc(Br)c2Cl)cc1. The molecule has 0 aliphatic carbocycles. The minimum Gasteiger partial charge on any atom is -0.497 e.